The maximum Gasteiger partial charge on any atom is 0.315 e. The zero-order chi connectivity index (χ0) is 15.2. The smallest absolute Gasteiger partial charge is 0.315 e. The molecule has 112 valence electrons. The summed E-state index contributed by atoms with van der Waals surface area (Å²) in [6.07, 6.45) is 0. The molecule has 0 radical (unpaired) electrons. The Kier molecular flexibility index (Phi) is 4.89. The number of nitrogens with one attached hydrogen (secondary N) is 3. The van der Waals surface area contributed by atoms with E-state index in [0.29, 0.717) is 12.4 Å². The number of H-pyrrole nitrogens is 1. The fourth-order valence-corrected chi connectivity index (χ4v) is 1.79. The van der Waals surface area contributed by atoms with Crippen molar-refractivity contribution >= 4 is 6.03 Å². The zero-order valence-electron chi connectivity index (χ0n) is 12.1. The predicted molar refractivity (Wildman–Crippen MR) is 78.5 cm³/mol. The number of aromatic nitrogens is 3. The Morgan fingerprint density at radius 2 is 2.29 bits per heavy atom. The van der Waals surface area contributed by atoms with E-state index in [1.54, 1.807) is 6.92 Å². The van der Waals surface area contributed by atoms with Crippen molar-refractivity contribution in [2.45, 2.75) is 26.4 Å². The van der Waals surface area contributed by atoms with Gasteiger partial charge < -0.3 is 15.7 Å². The molecular formula is C14H19N5O2. The van der Waals surface area contributed by atoms with Crippen molar-refractivity contribution in [3.05, 3.63) is 35.7 Å². The number of aromatic amines is 1. The van der Waals surface area contributed by atoms with Crippen LogP contribution >= 0.6 is 0 Å². The van der Waals surface area contributed by atoms with Crippen LogP contribution in [0.25, 0.3) is 11.4 Å². The molecule has 2 amide bonds. The first-order valence-electron chi connectivity index (χ1n) is 6.72. The van der Waals surface area contributed by atoms with Gasteiger partial charge in [0.25, 0.3) is 0 Å². The van der Waals surface area contributed by atoms with Gasteiger partial charge in [-0.3, -0.25) is 5.10 Å². The van der Waals surface area contributed by atoms with Crippen molar-refractivity contribution in [2.24, 2.45) is 0 Å². The number of carbonyl (C=O) groups excluding carboxylic acids is 1. The summed E-state index contributed by atoms with van der Waals surface area (Å²) in [5, 5.41) is 21.1. The number of rotatable bonds is 5. The zero-order valence-corrected chi connectivity index (χ0v) is 12.1. The van der Waals surface area contributed by atoms with E-state index in [2.05, 4.69) is 25.8 Å². The van der Waals surface area contributed by atoms with Crippen LogP contribution in [0.1, 0.15) is 18.3 Å². The van der Waals surface area contributed by atoms with Crippen LogP contribution in [0.15, 0.2) is 24.3 Å². The molecule has 1 aromatic carbocycles. The number of amides is 2. The second-order valence-electron chi connectivity index (χ2n) is 4.86. The highest BCUT2D eigenvalue weighted by Gasteiger charge is 2.07. The lowest BCUT2D eigenvalue weighted by molar-refractivity contribution is 0.220. The van der Waals surface area contributed by atoms with Gasteiger partial charge in [-0.1, -0.05) is 18.2 Å². The molecule has 2 rings (SSSR count). The molecule has 0 aliphatic heterocycles. The number of carbonyl (C=O) groups is 1. The molecule has 0 fully saturated rings. The van der Waals surface area contributed by atoms with Gasteiger partial charge >= 0.3 is 6.03 Å². The summed E-state index contributed by atoms with van der Waals surface area (Å²) in [7, 11) is 0. The van der Waals surface area contributed by atoms with E-state index < -0.39 is 0 Å². The minimum absolute atomic E-state index is 0.0902. The number of hydrogen-bond donors (Lipinski definition) is 4. The third kappa shape index (κ3) is 4.28. The number of aryl methyl sites for hydroxylation is 1. The Balaban J connectivity index is 1.97. The summed E-state index contributed by atoms with van der Waals surface area (Å²) in [4.78, 5) is 15.9. The van der Waals surface area contributed by atoms with Crippen molar-refractivity contribution in [1.29, 1.82) is 0 Å². The predicted octanol–water partition coefficient (Wildman–Crippen LogP) is 0.960. The highest BCUT2D eigenvalue weighted by Crippen LogP contribution is 2.16. The van der Waals surface area contributed by atoms with Crippen LogP contribution in [0.4, 0.5) is 4.79 Å². The fourth-order valence-electron chi connectivity index (χ4n) is 1.79. The van der Waals surface area contributed by atoms with Gasteiger partial charge in [0, 0.05) is 12.1 Å². The molecule has 0 aliphatic carbocycles. The van der Waals surface area contributed by atoms with Crippen LogP contribution in [0.2, 0.25) is 0 Å². The Bertz CT molecular complexity index is 611. The summed E-state index contributed by atoms with van der Waals surface area (Å²) in [5.41, 5.74) is 1.84. The number of benzene rings is 1. The lowest BCUT2D eigenvalue weighted by Crippen LogP contribution is -2.41. The van der Waals surface area contributed by atoms with Gasteiger partial charge in [0.15, 0.2) is 5.82 Å². The van der Waals surface area contributed by atoms with Gasteiger partial charge in [-0.05, 0) is 25.5 Å². The van der Waals surface area contributed by atoms with Gasteiger partial charge in [-0.15, -0.1) is 0 Å². The van der Waals surface area contributed by atoms with Gasteiger partial charge in [0.05, 0.1) is 12.6 Å². The van der Waals surface area contributed by atoms with Crippen molar-refractivity contribution in [2.75, 3.05) is 6.61 Å². The quantitative estimate of drug-likeness (QED) is 0.658. The molecule has 7 heteroatoms. The highest BCUT2D eigenvalue weighted by molar-refractivity contribution is 5.74. The Morgan fingerprint density at radius 1 is 1.48 bits per heavy atom. The average Bonchev–Trinajstić information content (AvgIpc) is 2.92. The first-order valence-corrected chi connectivity index (χ1v) is 6.72. The second-order valence-corrected chi connectivity index (χ2v) is 4.86. The summed E-state index contributed by atoms with van der Waals surface area (Å²) < 4.78 is 0. The fraction of sp³-hybridized carbons (Fsp3) is 0.357. The minimum Gasteiger partial charge on any atom is -0.394 e. The molecular weight excluding hydrogens is 270 g/mol. The standard InChI is InChI=1S/C14H19N5O2/c1-9(8-20)16-14(21)15-7-11-4-3-5-12(6-11)13-17-10(2)18-19-13/h3-6,9,20H,7-8H2,1-2H3,(H2,15,16,21)(H,17,18,19). The molecule has 0 bridgehead atoms. The third-order valence-corrected chi connectivity index (χ3v) is 2.89. The van der Waals surface area contributed by atoms with Gasteiger partial charge in [-0.25, -0.2) is 9.78 Å². The molecule has 1 atom stereocenters. The maximum absolute atomic E-state index is 11.6. The summed E-state index contributed by atoms with van der Waals surface area (Å²) in [6, 6.07) is 7.08. The monoisotopic (exact) mass is 289 g/mol. The van der Waals surface area contributed by atoms with Crippen molar-refractivity contribution < 1.29 is 9.90 Å². The van der Waals surface area contributed by atoms with Crippen LogP contribution in [0.3, 0.4) is 0 Å². The number of urea groups is 1. The molecule has 7 nitrogen and oxygen atoms in total. The average molecular weight is 289 g/mol. The SMILES string of the molecule is Cc1nc(-c2cccc(CNC(=O)NC(C)CO)c2)n[nH]1. The first-order chi connectivity index (χ1) is 10.1. The minimum atomic E-state index is -0.310. The molecule has 1 heterocycles. The number of aliphatic hydroxyl groups is 1. The number of nitrogens with zero attached hydrogens (tertiary/aromatic N) is 2. The highest BCUT2D eigenvalue weighted by atomic mass is 16.3. The second kappa shape index (κ2) is 6.85. The normalized spacial score (nSPS) is 12.0. The van der Waals surface area contributed by atoms with Crippen molar-refractivity contribution in [1.82, 2.24) is 25.8 Å². The summed E-state index contributed by atoms with van der Waals surface area (Å²) in [5.74, 6) is 1.39. The lowest BCUT2D eigenvalue weighted by atomic mass is 10.1. The van der Waals surface area contributed by atoms with Crippen LogP contribution in [0.5, 0.6) is 0 Å². The van der Waals surface area contributed by atoms with E-state index in [-0.39, 0.29) is 18.7 Å². The third-order valence-electron chi connectivity index (χ3n) is 2.89. The molecule has 4 N–H and O–H groups in total. The molecule has 1 aromatic heterocycles. The summed E-state index contributed by atoms with van der Waals surface area (Å²) in [6.45, 7) is 3.87. The van der Waals surface area contributed by atoms with E-state index in [0.717, 1.165) is 17.0 Å². The molecule has 2 aromatic rings. The van der Waals surface area contributed by atoms with Crippen LogP contribution in [0, 0.1) is 6.92 Å². The Labute approximate surface area is 122 Å². The van der Waals surface area contributed by atoms with E-state index in [1.165, 1.54) is 0 Å². The van der Waals surface area contributed by atoms with Crippen molar-refractivity contribution in [3.63, 3.8) is 0 Å². The molecule has 0 saturated carbocycles. The van der Waals surface area contributed by atoms with Gasteiger partial charge in [0.2, 0.25) is 0 Å². The molecule has 21 heavy (non-hydrogen) atoms. The molecule has 1 unspecified atom stereocenters. The number of aliphatic hydroxyl groups excluding tert-OH is 1. The van der Waals surface area contributed by atoms with E-state index >= 15 is 0 Å². The van der Waals surface area contributed by atoms with Gasteiger partial charge in [0.1, 0.15) is 5.82 Å². The first kappa shape index (κ1) is 15.0. The lowest BCUT2D eigenvalue weighted by Gasteiger charge is -2.12. The topological polar surface area (TPSA) is 103 Å². The number of hydrogen-bond acceptors (Lipinski definition) is 4. The van der Waals surface area contributed by atoms with Crippen LogP contribution < -0.4 is 10.6 Å². The molecule has 0 saturated heterocycles. The van der Waals surface area contributed by atoms with Crippen LogP contribution in [-0.2, 0) is 6.54 Å². The van der Waals surface area contributed by atoms with Gasteiger partial charge in [-0.2, -0.15) is 5.10 Å². The molecule has 0 spiro atoms. The molecule has 0 aliphatic rings. The van der Waals surface area contributed by atoms with E-state index in [9.17, 15) is 4.79 Å². The van der Waals surface area contributed by atoms with Crippen molar-refractivity contribution in [3.8, 4) is 11.4 Å². The Morgan fingerprint density at radius 3 is 2.95 bits per heavy atom. The summed E-state index contributed by atoms with van der Waals surface area (Å²) >= 11 is 0. The maximum atomic E-state index is 11.6. The van der Waals surface area contributed by atoms with E-state index in [4.69, 9.17) is 5.11 Å². The van der Waals surface area contributed by atoms with E-state index in [1.807, 2.05) is 31.2 Å². The largest absolute Gasteiger partial charge is 0.394 e. The van der Waals surface area contributed by atoms with Crippen LogP contribution in [-0.4, -0.2) is 39.0 Å². The Hall–Kier alpha value is -2.41.